The molecule has 1 aliphatic rings. The lowest BCUT2D eigenvalue weighted by Crippen LogP contribution is -2.36. The zero-order valence-electron chi connectivity index (χ0n) is 11.6. The summed E-state index contributed by atoms with van der Waals surface area (Å²) in [5, 5.41) is 2.66. The molecule has 0 saturated carbocycles. The van der Waals surface area contributed by atoms with Gasteiger partial charge < -0.3 is 24.3 Å². The second-order valence-corrected chi connectivity index (χ2v) is 4.61. The van der Waals surface area contributed by atoms with Crippen molar-refractivity contribution in [1.82, 2.24) is 5.32 Å². The van der Waals surface area contributed by atoms with Crippen molar-refractivity contribution >= 4 is 23.7 Å². The Morgan fingerprint density at radius 1 is 1.24 bits per heavy atom. The zero-order chi connectivity index (χ0) is 15.6. The topological polar surface area (TPSA) is 83.1 Å². The number of rotatable bonds is 4. The van der Waals surface area contributed by atoms with Gasteiger partial charge in [0.2, 0.25) is 0 Å². The Kier molecular flexibility index (Phi) is 4.42. The third kappa shape index (κ3) is 2.82. The van der Waals surface area contributed by atoms with Crippen LogP contribution in [0.15, 0.2) is 12.1 Å². The van der Waals surface area contributed by atoms with Gasteiger partial charge in [-0.15, -0.1) is 0 Å². The largest absolute Gasteiger partial charge is 0.493 e. The Morgan fingerprint density at radius 2 is 1.86 bits per heavy atom. The fourth-order valence-corrected chi connectivity index (χ4v) is 2.32. The van der Waals surface area contributed by atoms with Gasteiger partial charge in [-0.25, -0.2) is 9.59 Å². The molecule has 2 rings (SSSR count). The summed E-state index contributed by atoms with van der Waals surface area (Å²) in [6.45, 7) is 0. The molecule has 114 valence electrons. The van der Waals surface area contributed by atoms with Crippen LogP contribution < -0.4 is 14.8 Å². The van der Waals surface area contributed by atoms with E-state index in [1.807, 2.05) is 0 Å². The van der Waals surface area contributed by atoms with Gasteiger partial charge in [0.25, 0.3) is 0 Å². The van der Waals surface area contributed by atoms with E-state index in [4.69, 9.17) is 25.8 Å². The quantitative estimate of drug-likeness (QED) is 0.851. The number of carbonyl (C=O) groups is 2. The summed E-state index contributed by atoms with van der Waals surface area (Å²) < 4.78 is 20.1. The maximum absolute atomic E-state index is 11.7. The van der Waals surface area contributed by atoms with Crippen LogP contribution in [0.5, 0.6) is 11.5 Å². The molecular weight excluding hydrogens is 302 g/mol. The number of ether oxygens (including phenoxy) is 4. The third-order valence-corrected chi connectivity index (χ3v) is 3.40. The minimum Gasteiger partial charge on any atom is -0.493 e. The second kappa shape index (κ2) is 6.09. The van der Waals surface area contributed by atoms with E-state index in [0.717, 1.165) is 0 Å². The minimum atomic E-state index is -0.974. The first-order valence-corrected chi connectivity index (χ1v) is 6.36. The molecule has 1 heterocycles. The van der Waals surface area contributed by atoms with Gasteiger partial charge in [-0.05, 0) is 6.07 Å². The van der Waals surface area contributed by atoms with Crippen LogP contribution in [0.25, 0.3) is 0 Å². The highest BCUT2D eigenvalue weighted by Crippen LogP contribution is 2.39. The van der Waals surface area contributed by atoms with Crippen LogP contribution in [0.2, 0.25) is 5.02 Å². The lowest BCUT2D eigenvalue weighted by Gasteiger charge is -2.18. The molecule has 1 saturated heterocycles. The van der Waals surface area contributed by atoms with Crippen molar-refractivity contribution in [2.75, 3.05) is 21.3 Å². The van der Waals surface area contributed by atoms with E-state index in [1.165, 1.54) is 27.4 Å². The zero-order valence-corrected chi connectivity index (χ0v) is 12.4. The van der Waals surface area contributed by atoms with Crippen LogP contribution in [0.4, 0.5) is 4.79 Å². The van der Waals surface area contributed by atoms with E-state index < -0.39 is 24.2 Å². The number of benzene rings is 1. The van der Waals surface area contributed by atoms with Gasteiger partial charge in [0, 0.05) is 11.6 Å². The van der Waals surface area contributed by atoms with E-state index in [1.54, 1.807) is 6.07 Å². The Bertz CT molecular complexity index is 576. The first-order valence-electron chi connectivity index (χ1n) is 5.98. The number of alkyl carbamates (subject to hydrolysis) is 1. The van der Waals surface area contributed by atoms with Crippen molar-refractivity contribution in [3.63, 3.8) is 0 Å². The summed E-state index contributed by atoms with van der Waals surface area (Å²) in [5.41, 5.74) is 0.420. The smallest absolute Gasteiger partial charge is 0.408 e. The SMILES string of the molecule is COC(=O)C1NC(=O)OC1c1cc(OC)c(OC)cc1Cl. The van der Waals surface area contributed by atoms with Gasteiger partial charge in [-0.2, -0.15) is 0 Å². The van der Waals surface area contributed by atoms with Gasteiger partial charge in [0.15, 0.2) is 23.6 Å². The average molecular weight is 316 g/mol. The molecule has 2 unspecified atom stereocenters. The van der Waals surface area contributed by atoms with Crippen molar-refractivity contribution in [3.05, 3.63) is 22.7 Å². The number of hydrogen-bond donors (Lipinski definition) is 1. The highest BCUT2D eigenvalue weighted by Gasteiger charge is 2.42. The summed E-state index contributed by atoms with van der Waals surface area (Å²) in [7, 11) is 4.16. The van der Waals surface area contributed by atoms with Gasteiger partial charge in [0.05, 0.1) is 26.4 Å². The fraction of sp³-hybridized carbons (Fsp3) is 0.385. The van der Waals surface area contributed by atoms with Crippen LogP contribution >= 0.6 is 11.6 Å². The minimum absolute atomic E-state index is 0.281. The molecule has 0 aromatic heterocycles. The molecule has 0 spiro atoms. The molecule has 0 aliphatic carbocycles. The maximum atomic E-state index is 11.7. The van der Waals surface area contributed by atoms with Crippen LogP contribution in [-0.4, -0.2) is 39.4 Å². The van der Waals surface area contributed by atoms with Crippen LogP contribution in [-0.2, 0) is 14.3 Å². The number of esters is 1. The van der Waals surface area contributed by atoms with E-state index in [-0.39, 0.29) is 5.02 Å². The molecule has 1 fully saturated rings. The normalized spacial score (nSPS) is 20.5. The standard InChI is InChI=1S/C13H14ClNO6/c1-18-8-4-6(7(14)5-9(8)19-2)11-10(12(16)20-3)15-13(17)21-11/h4-5,10-11H,1-3H3,(H,15,17). The Balaban J connectivity index is 2.44. The molecule has 2 atom stereocenters. The molecule has 0 bridgehead atoms. The van der Waals surface area contributed by atoms with E-state index >= 15 is 0 Å². The third-order valence-electron chi connectivity index (χ3n) is 3.07. The molecule has 8 heteroatoms. The second-order valence-electron chi connectivity index (χ2n) is 4.20. The molecule has 1 aliphatic heterocycles. The van der Waals surface area contributed by atoms with Crippen molar-refractivity contribution in [1.29, 1.82) is 0 Å². The number of halogens is 1. The summed E-state index contributed by atoms with van der Waals surface area (Å²) in [4.78, 5) is 23.1. The van der Waals surface area contributed by atoms with Gasteiger partial charge >= 0.3 is 12.1 Å². The molecule has 7 nitrogen and oxygen atoms in total. The average Bonchev–Trinajstić information content (AvgIpc) is 2.87. The predicted molar refractivity (Wildman–Crippen MR) is 72.7 cm³/mol. The number of methoxy groups -OCH3 is 3. The maximum Gasteiger partial charge on any atom is 0.408 e. The number of carbonyl (C=O) groups excluding carboxylic acids is 2. The molecular formula is C13H14ClNO6. The number of cyclic esters (lactones) is 1. The van der Waals surface area contributed by atoms with Crippen molar-refractivity contribution in [2.24, 2.45) is 0 Å². The van der Waals surface area contributed by atoms with Crippen molar-refractivity contribution in [2.45, 2.75) is 12.1 Å². The van der Waals surface area contributed by atoms with Crippen molar-refractivity contribution < 1.29 is 28.5 Å². The van der Waals surface area contributed by atoms with Gasteiger partial charge in [-0.1, -0.05) is 11.6 Å². The Morgan fingerprint density at radius 3 is 2.43 bits per heavy atom. The van der Waals surface area contributed by atoms with E-state index in [9.17, 15) is 9.59 Å². The summed E-state index contributed by atoms with van der Waals surface area (Å²) in [6.07, 6.45) is -1.63. The first kappa shape index (κ1) is 15.2. The molecule has 0 radical (unpaired) electrons. The molecule has 1 aromatic rings. The lowest BCUT2D eigenvalue weighted by atomic mass is 10.0. The van der Waals surface area contributed by atoms with E-state index in [2.05, 4.69) is 10.1 Å². The summed E-state index contributed by atoms with van der Waals surface area (Å²) in [5.74, 6) is 0.207. The van der Waals surface area contributed by atoms with Gasteiger partial charge in [-0.3, -0.25) is 0 Å². The molecule has 1 N–H and O–H groups in total. The lowest BCUT2D eigenvalue weighted by molar-refractivity contribution is -0.144. The summed E-state index contributed by atoms with van der Waals surface area (Å²) in [6, 6.07) is 2.11. The predicted octanol–water partition coefficient (Wildman–Crippen LogP) is 1.68. The monoisotopic (exact) mass is 315 g/mol. The summed E-state index contributed by atoms with van der Waals surface area (Å²) >= 11 is 6.17. The first-order chi connectivity index (χ1) is 10.0. The number of nitrogens with one attached hydrogen (secondary N) is 1. The molecule has 1 amide bonds. The fourth-order valence-electron chi connectivity index (χ4n) is 2.06. The van der Waals surface area contributed by atoms with Crippen molar-refractivity contribution in [3.8, 4) is 11.5 Å². The van der Waals surface area contributed by atoms with Crippen LogP contribution in [0, 0.1) is 0 Å². The van der Waals surface area contributed by atoms with Gasteiger partial charge in [0.1, 0.15) is 0 Å². The van der Waals surface area contributed by atoms with Crippen LogP contribution in [0.3, 0.4) is 0 Å². The Hall–Kier alpha value is -2.15. The van der Waals surface area contributed by atoms with E-state index in [0.29, 0.717) is 17.1 Å². The van der Waals surface area contributed by atoms with Crippen LogP contribution in [0.1, 0.15) is 11.7 Å². The highest BCUT2D eigenvalue weighted by atomic mass is 35.5. The highest BCUT2D eigenvalue weighted by molar-refractivity contribution is 6.31. The number of hydrogen-bond acceptors (Lipinski definition) is 6. The number of amides is 1. The molecule has 21 heavy (non-hydrogen) atoms. The molecule has 1 aromatic carbocycles. The Labute approximate surface area is 126 Å².